The minimum atomic E-state index is -1.54. The van der Waals surface area contributed by atoms with Gasteiger partial charge in [-0.2, -0.15) is 0 Å². The van der Waals surface area contributed by atoms with Gasteiger partial charge in [0.2, 0.25) is 0 Å². The van der Waals surface area contributed by atoms with E-state index in [9.17, 15) is 14.4 Å². The van der Waals surface area contributed by atoms with Crippen LogP contribution in [0.5, 0.6) is 5.75 Å². The monoisotopic (exact) mass is 463 g/mol. The Hall–Kier alpha value is -3.85. The summed E-state index contributed by atoms with van der Waals surface area (Å²) < 4.78 is 15.8. The predicted octanol–water partition coefficient (Wildman–Crippen LogP) is 2.07. The van der Waals surface area contributed by atoms with E-state index in [1.807, 2.05) is 24.3 Å². The highest BCUT2D eigenvalue weighted by Crippen LogP contribution is 2.44. The molecule has 1 fully saturated rings. The standard InChI is InChI=1S/C25H25N3O6/c1-32-17-7-4-14(5-8-17)3-2-10-27-22(29)15-6-9-20-18(11-15)19-12-16(26)13-25(21(19)28-20)33-23(30)24(31)34-25/h4-9,11,16,28H,2-3,10,12-13,26H2,1H3,(H,27,29). The first kappa shape index (κ1) is 22.0. The Morgan fingerprint density at radius 2 is 1.91 bits per heavy atom. The minimum Gasteiger partial charge on any atom is -0.497 e. The lowest BCUT2D eigenvalue weighted by Gasteiger charge is -2.32. The molecule has 1 amide bonds. The second-order valence-electron chi connectivity index (χ2n) is 8.65. The van der Waals surface area contributed by atoms with Crippen molar-refractivity contribution in [1.82, 2.24) is 10.3 Å². The molecule has 1 unspecified atom stereocenters. The van der Waals surface area contributed by atoms with E-state index in [0.29, 0.717) is 24.2 Å². The van der Waals surface area contributed by atoms with Crippen LogP contribution in [0.4, 0.5) is 0 Å². The summed E-state index contributed by atoms with van der Waals surface area (Å²) in [6.07, 6.45) is 2.31. The molecule has 176 valence electrons. The van der Waals surface area contributed by atoms with E-state index in [4.69, 9.17) is 19.9 Å². The number of nitrogens with two attached hydrogens (primary N) is 1. The molecule has 0 saturated carbocycles. The number of carbonyl (C=O) groups excluding carboxylic acids is 3. The molecule has 2 heterocycles. The number of fused-ring (bicyclic) bond motifs is 4. The Morgan fingerprint density at radius 3 is 2.62 bits per heavy atom. The van der Waals surface area contributed by atoms with Gasteiger partial charge in [-0.3, -0.25) is 4.79 Å². The molecule has 1 atom stereocenters. The number of ether oxygens (including phenoxy) is 3. The summed E-state index contributed by atoms with van der Waals surface area (Å²) in [5.74, 6) is -2.97. The molecule has 9 nitrogen and oxygen atoms in total. The normalized spacial score (nSPS) is 18.5. The zero-order valence-corrected chi connectivity index (χ0v) is 18.7. The molecule has 0 bridgehead atoms. The van der Waals surface area contributed by atoms with Crippen molar-refractivity contribution in [1.29, 1.82) is 0 Å². The summed E-state index contributed by atoms with van der Waals surface area (Å²) in [6.45, 7) is 0.536. The molecule has 9 heteroatoms. The Balaban J connectivity index is 1.30. The van der Waals surface area contributed by atoms with E-state index < -0.39 is 17.7 Å². The number of amides is 1. The number of aromatic nitrogens is 1. The van der Waals surface area contributed by atoms with E-state index in [-0.39, 0.29) is 18.4 Å². The van der Waals surface area contributed by atoms with Crippen LogP contribution in [0.3, 0.4) is 0 Å². The molecule has 1 aliphatic carbocycles. The van der Waals surface area contributed by atoms with Gasteiger partial charge in [0, 0.05) is 35.5 Å². The molecule has 5 rings (SSSR count). The fourth-order valence-electron chi connectivity index (χ4n) is 4.69. The average Bonchev–Trinajstić information content (AvgIpc) is 3.33. The van der Waals surface area contributed by atoms with Crippen molar-refractivity contribution in [3.05, 3.63) is 64.8 Å². The third kappa shape index (κ3) is 3.88. The predicted molar refractivity (Wildman–Crippen MR) is 122 cm³/mol. The Labute approximate surface area is 195 Å². The number of H-pyrrole nitrogens is 1. The zero-order chi connectivity index (χ0) is 23.9. The van der Waals surface area contributed by atoms with E-state index in [2.05, 4.69) is 10.3 Å². The van der Waals surface area contributed by atoms with Crippen molar-refractivity contribution < 1.29 is 28.6 Å². The molecular formula is C25H25N3O6. The second-order valence-corrected chi connectivity index (χ2v) is 8.65. The second kappa shape index (κ2) is 8.49. The van der Waals surface area contributed by atoms with Gasteiger partial charge in [-0.15, -0.1) is 0 Å². The van der Waals surface area contributed by atoms with E-state index >= 15 is 0 Å². The van der Waals surface area contributed by atoms with Crippen LogP contribution in [0.1, 0.15) is 40.0 Å². The van der Waals surface area contributed by atoms with E-state index in [1.54, 1.807) is 25.3 Å². The molecule has 0 radical (unpaired) electrons. The van der Waals surface area contributed by atoms with Gasteiger partial charge in [0.25, 0.3) is 5.91 Å². The highest BCUT2D eigenvalue weighted by Gasteiger charge is 2.55. The molecule has 2 aliphatic rings. The highest BCUT2D eigenvalue weighted by molar-refractivity contribution is 6.31. The summed E-state index contributed by atoms with van der Waals surface area (Å²) in [5.41, 5.74) is 9.91. The van der Waals surface area contributed by atoms with Crippen LogP contribution in [0, 0.1) is 0 Å². The average molecular weight is 463 g/mol. The van der Waals surface area contributed by atoms with Gasteiger partial charge in [0.05, 0.1) is 7.11 Å². The number of hydrogen-bond acceptors (Lipinski definition) is 7. The van der Waals surface area contributed by atoms with Gasteiger partial charge in [0.1, 0.15) is 11.4 Å². The van der Waals surface area contributed by atoms with Gasteiger partial charge in [0.15, 0.2) is 0 Å². The van der Waals surface area contributed by atoms with Gasteiger partial charge >= 0.3 is 17.7 Å². The van der Waals surface area contributed by atoms with Gasteiger partial charge in [-0.1, -0.05) is 12.1 Å². The summed E-state index contributed by atoms with van der Waals surface area (Å²) in [4.78, 5) is 39.5. The Kier molecular flexibility index (Phi) is 5.49. The molecule has 2 aromatic carbocycles. The molecule has 1 aromatic heterocycles. The van der Waals surface area contributed by atoms with Crippen LogP contribution in [-0.4, -0.2) is 42.5 Å². The lowest BCUT2D eigenvalue weighted by Crippen LogP contribution is -2.42. The van der Waals surface area contributed by atoms with Crippen molar-refractivity contribution in [2.75, 3.05) is 13.7 Å². The van der Waals surface area contributed by atoms with Gasteiger partial charge in [-0.05, 0) is 60.7 Å². The minimum absolute atomic E-state index is 0.172. The summed E-state index contributed by atoms with van der Waals surface area (Å²) in [5, 5.41) is 3.75. The Morgan fingerprint density at radius 1 is 1.18 bits per heavy atom. The third-order valence-electron chi connectivity index (χ3n) is 6.32. The Bertz CT molecular complexity index is 1260. The number of hydrogen-bond donors (Lipinski definition) is 3. The fraction of sp³-hybridized carbons (Fsp3) is 0.320. The SMILES string of the molecule is COc1ccc(CCCNC(=O)c2ccc3[nH]c4c(c3c2)CC(N)CC42OC(=O)C(=O)O2)cc1. The molecule has 4 N–H and O–H groups in total. The summed E-state index contributed by atoms with van der Waals surface area (Å²) in [6, 6.07) is 12.8. The number of methoxy groups -OCH3 is 1. The molecule has 1 aliphatic heterocycles. The lowest BCUT2D eigenvalue weighted by atomic mass is 9.87. The smallest absolute Gasteiger partial charge is 0.421 e. The van der Waals surface area contributed by atoms with Crippen LogP contribution in [0.15, 0.2) is 42.5 Å². The number of aromatic amines is 1. The van der Waals surface area contributed by atoms with Crippen LogP contribution >= 0.6 is 0 Å². The van der Waals surface area contributed by atoms with Crippen molar-refractivity contribution >= 4 is 28.7 Å². The molecule has 1 saturated heterocycles. The zero-order valence-electron chi connectivity index (χ0n) is 18.7. The number of rotatable bonds is 6. The van der Waals surface area contributed by atoms with Gasteiger partial charge in [-0.25, -0.2) is 9.59 Å². The highest BCUT2D eigenvalue weighted by atomic mass is 16.8. The first-order chi connectivity index (χ1) is 16.4. The van der Waals surface area contributed by atoms with E-state index in [0.717, 1.165) is 35.1 Å². The number of nitrogens with one attached hydrogen (secondary N) is 2. The molecule has 1 spiro atoms. The van der Waals surface area contributed by atoms with Crippen LogP contribution in [0.25, 0.3) is 10.9 Å². The fourth-order valence-corrected chi connectivity index (χ4v) is 4.69. The third-order valence-corrected chi connectivity index (χ3v) is 6.32. The molecular weight excluding hydrogens is 438 g/mol. The number of benzene rings is 2. The van der Waals surface area contributed by atoms with Crippen molar-refractivity contribution in [3.8, 4) is 5.75 Å². The summed E-state index contributed by atoms with van der Waals surface area (Å²) in [7, 11) is 1.63. The number of esters is 2. The van der Waals surface area contributed by atoms with Crippen molar-refractivity contribution in [2.24, 2.45) is 5.73 Å². The number of aryl methyl sites for hydroxylation is 1. The quantitative estimate of drug-likeness (QED) is 0.290. The first-order valence-electron chi connectivity index (χ1n) is 11.2. The lowest BCUT2D eigenvalue weighted by molar-refractivity contribution is -0.192. The largest absolute Gasteiger partial charge is 0.497 e. The maximum Gasteiger partial charge on any atom is 0.421 e. The van der Waals surface area contributed by atoms with Crippen LogP contribution in [0.2, 0.25) is 0 Å². The van der Waals surface area contributed by atoms with Gasteiger partial charge < -0.3 is 30.2 Å². The molecule has 34 heavy (non-hydrogen) atoms. The topological polar surface area (TPSA) is 133 Å². The number of carbonyl (C=O) groups is 3. The molecule has 3 aromatic rings. The van der Waals surface area contributed by atoms with E-state index in [1.165, 1.54) is 5.56 Å². The maximum absolute atomic E-state index is 12.8. The van der Waals surface area contributed by atoms with Crippen molar-refractivity contribution in [2.45, 2.75) is 37.5 Å². The van der Waals surface area contributed by atoms with Crippen LogP contribution in [-0.2, 0) is 37.7 Å². The summed E-state index contributed by atoms with van der Waals surface area (Å²) >= 11 is 0. The maximum atomic E-state index is 12.8. The van der Waals surface area contributed by atoms with Crippen LogP contribution < -0.4 is 15.8 Å². The van der Waals surface area contributed by atoms with Crippen molar-refractivity contribution in [3.63, 3.8) is 0 Å². The first-order valence-corrected chi connectivity index (χ1v) is 11.2.